The van der Waals surface area contributed by atoms with Gasteiger partial charge in [0.05, 0.1) is 13.2 Å². The van der Waals surface area contributed by atoms with Crippen molar-refractivity contribution in [2.45, 2.75) is 46.1 Å². The topological polar surface area (TPSA) is 80.4 Å². The second-order valence-corrected chi connectivity index (χ2v) is 7.39. The summed E-state index contributed by atoms with van der Waals surface area (Å²) in [6.07, 6.45) is 2.04. The van der Waals surface area contributed by atoms with E-state index >= 15 is 0 Å². The lowest BCUT2D eigenvalue weighted by Gasteiger charge is -2.32. The van der Waals surface area contributed by atoms with Gasteiger partial charge in [-0.1, -0.05) is 6.92 Å². The molecule has 0 saturated carbocycles. The Hall–Kier alpha value is -1.50. The molecule has 2 N–H and O–H groups in total. The lowest BCUT2D eigenvalue weighted by molar-refractivity contribution is 0.0208. The summed E-state index contributed by atoms with van der Waals surface area (Å²) in [4.78, 5) is 20.4. The van der Waals surface area contributed by atoms with Gasteiger partial charge in [0, 0.05) is 33.3 Å². The minimum atomic E-state index is -0.519. The minimum absolute atomic E-state index is 0.347. The predicted molar refractivity (Wildman–Crippen MR) is 96.1 cm³/mol. The van der Waals surface area contributed by atoms with Crippen molar-refractivity contribution in [1.82, 2.24) is 9.80 Å². The summed E-state index contributed by atoms with van der Waals surface area (Å²) in [5, 5.41) is 0. The van der Waals surface area contributed by atoms with E-state index < -0.39 is 5.60 Å². The van der Waals surface area contributed by atoms with Crippen LogP contribution in [0.15, 0.2) is 4.99 Å². The summed E-state index contributed by atoms with van der Waals surface area (Å²) in [7, 11) is 1.61. The Labute approximate surface area is 146 Å². The fourth-order valence-corrected chi connectivity index (χ4v) is 2.61. The SMILES string of the molecule is COCCN(CCN=C(N)N1CCCC(C)C1)C(=O)OC(C)(C)C. The van der Waals surface area contributed by atoms with E-state index in [0.717, 1.165) is 19.5 Å². The van der Waals surface area contributed by atoms with Gasteiger partial charge >= 0.3 is 6.09 Å². The second kappa shape index (κ2) is 9.71. The van der Waals surface area contributed by atoms with Crippen LogP contribution in [-0.2, 0) is 9.47 Å². The van der Waals surface area contributed by atoms with Crippen LogP contribution in [0.1, 0.15) is 40.5 Å². The molecule has 0 aliphatic carbocycles. The fourth-order valence-electron chi connectivity index (χ4n) is 2.61. The van der Waals surface area contributed by atoms with E-state index in [1.807, 2.05) is 20.8 Å². The van der Waals surface area contributed by atoms with Crippen LogP contribution >= 0.6 is 0 Å². The van der Waals surface area contributed by atoms with E-state index in [4.69, 9.17) is 15.2 Å². The first-order valence-electron chi connectivity index (χ1n) is 8.74. The van der Waals surface area contributed by atoms with Crippen molar-refractivity contribution in [3.63, 3.8) is 0 Å². The lowest BCUT2D eigenvalue weighted by atomic mass is 10.0. The Morgan fingerprint density at radius 1 is 1.38 bits per heavy atom. The van der Waals surface area contributed by atoms with Gasteiger partial charge in [-0.2, -0.15) is 0 Å². The van der Waals surface area contributed by atoms with Crippen LogP contribution in [0.4, 0.5) is 4.79 Å². The van der Waals surface area contributed by atoms with Crippen molar-refractivity contribution in [1.29, 1.82) is 0 Å². The number of methoxy groups -OCH3 is 1. The molecule has 1 heterocycles. The second-order valence-electron chi connectivity index (χ2n) is 7.39. The highest BCUT2D eigenvalue weighted by atomic mass is 16.6. The summed E-state index contributed by atoms with van der Waals surface area (Å²) in [5.74, 6) is 1.21. The molecule has 1 aliphatic heterocycles. The van der Waals surface area contributed by atoms with Crippen molar-refractivity contribution in [2.24, 2.45) is 16.6 Å². The first kappa shape index (κ1) is 20.5. The van der Waals surface area contributed by atoms with Crippen LogP contribution in [0.5, 0.6) is 0 Å². The zero-order valence-corrected chi connectivity index (χ0v) is 15.9. The number of piperidine rings is 1. The number of hydrogen-bond acceptors (Lipinski definition) is 4. The Kier molecular flexibility index (Phi) is 8.31. The molecule has 0 bridgehead atoms. The van der Waals surface area contributed by atoms with Gasteiger partial charge in [0.25, 0.3) is 0 Å². The van der Waals surface area contributed by atoms with Crippen molar-refractivity contribution < 1.29 is 14.3 Å². The molecule has 1 aliphatic rings. The van der Waals surface area contributed by atoms with E-state index in [9.17, 15) is 4.79 Å². The number of nitrogens with two attached hydrogens (primary N) is 1. The molecule has 1 amide bonds. The molecular formula is C17H34N4O3. The normalized spacial score (nSPS) is 19.3. The molecular weight excluding hydrogens is 308 g/mol. The smallest absolute Gasteiger partial charge is 0.410 e. The zero-order chi connectivity index (χ0) is 18.2. The molecule has 1 unspecified atom stereocenters. The average molecular weight is 342 g/mol. The highest BCUT2D eigenvalue weighted by molar-refractivity contribution is 5.78. The first-order valence-corrected chi connectivity index (χ1v) is 8.74. The van der Waals surface area contributed by atoms with E-state index in [1.165, 1.54) is 6.42 Å². The summed E-state index contributed by atoms with van der Waals surface area (Å²) in [6, 6.07) is 0. The molecule has 7 heteroatoms. The summed E-state index contributed by atoms with van der Waals surface area (Å²) >= 11 is 0. The van der Waals surface area contributed by atoms with Crippen molar-refractivity contribution in [3.05, 3.63) is 0 Å². The third-order valence-corrected chi connectivity index (χ3v) is 3.84. The van der Waals surface area contributed by atoms with Crippen molar-refractivity contribution >= 4 is 12.1 Å². The third kappa shape index (κ3) is 7.86. The van der Waals surface area contributed by atoms with Gasteiger partial charge in [0.1, 0.15) is 5.60 Å². The van der Waals surface area contributed by atoms with E-state index in [0.29, 0.717) is 38.1 Å². The Bertz CT molecular complexity index is 421. The predicted octanol–water partition coefficient (Wildman–Crippen LogP) is 1.92. The van der Waals surface area contributed by atoms with Crippen LogP contribution < -0.4 is 5.73 Å². The van der Waals surface area contributed by atoms with Gasteiger partial charge in [0.15, 0.2) is 5.96 Å². The van der Waals surface area contributed by atoms with E-state index in [-0.39, 0.29) is 6.09 Å². The average Bonchev–Trinajstić information content (AvgIpc) is 2.48. The Balaban J connectivity index is 2.53. The minimum Gasteiger partial charge on any atom is -0.444 e. The zero-order valence-electron chi connectivity index (χ0n) is 15.9. The van der Waals surface area contributed by atoms with E-state index in [2.05, 4.69) is 16.8 Å². The summed E-state index contributed by atoms with van der Waals surface area (Å²) in [5.41, 5.74) is 5.57. The molecule has 0 aromatic heterocycles. The summed E-state index contributed by atoms with van der Waals surface area (Å²) < 4.78 is 10.5. The number of ether oxygens (including phenoxy) is 2. The number of guanidine groups is 1. The van der Waals surface area contributed by atoms with Crippen LogP contribution in [0, 0.1) is 5.92 Å². The van der Waals surface area contributed by atoms with Crippen molar-refractivity contribution in [3.8, 4) is 0 Å². The van der Waals surface area contributed by atoms with Gasteiger partial charge in [-0.15, -0.1) is 0 Å². The third-order valence-electron chi connectivity index (χ3n) is 3.84. The largest absolute Gasteiger partial charge is 0.444 e. The standard InChI is InChI=1S/C17H34N4O3/c1-14-7-6-9-21(13-14)15(18)19-8-10-20(11-12-23-5)16(22)24-17(2,3)4/h14H,6-13H2,1-5H3,(H2,18,19). The van der Waals surface area contributed by atoms with Gasteiger partial charge in [-0.3, -0.25) is 4.99 Å². The number of carbonyl (C=O) groups is 1. The molecule has 0 aromatic rings. The molecule has 0 spiro atoms. The quantitative estimate of drug-likeness (QED) is 0.589. The Morgan fingerprint density at radius 2 is 2.08 bits per heavy atom. The van der Waals surface area contributed by atoms with Crippen LogP contribution in [-0.4, -0.2) is 73.9 Å². The highest BCUT2D eigenvalue weighted by Crippen LogP contribution is 2.15. The number of amides is 1. The first-order chi connectivity index (χ1) is 11.2. The molecule has 1 rings (SSSR count). The lowest BCUT2D eigenvalue weighted by Crippen LogP contribution is -2.44. The molecule has 140 valence electrons. The number of aliphatic imine (C=N–C) groups is 1. The van der Waals surface area contributed by atoms with Gasteiger partial charge < -0.3 is 25.0 Å². The molecule has 24 heavy (non-hydrogen) atoms. The molecule has 7 nitrogen and oxygen atoms in total. The number of hydrogen-bond donors (Lipinski definition) is 1. The number of rotatable bonds is 6. The maximum absolute atomic E-state index is 12.2. The van der Waals surface area contributed by atoms with Crippen LogP contribution in [0.3, 0.4) is 0 Å². The van der Waals surface area contributed by atoms with Crippen LogP contribution in [0.25, 0.3) is 0 Å². The molecule has 1 saturated heterocycles. The van der Waals surface area contributed by atoms with Gasteiger partial charge in [-0.05, 0) is 39.5 Å². The number of nitrogens with zero attached hydrogens (tertiary/aromatic N) is 3. The molecule has 1 atom stereocenters. The molecule has 0 aromatic carbocycles. The highest BCUT2D eigenvalue weighted by Gasteiger charge is 2.22. The van der Waals surface area contributed by atoms with Gasteiger partial charge in [0.2, 0.25) is 0 Å². The van der Waals surface area contributed by atoms with Crippen LogP contribution in [0.2, 0.25) is 0 Å². The fraction of sp³-hybridized carbons (Fsp3) is 0.882. The van der Waals surface area contributed by atoms with Crippen molar-refractivity contribution in [2.75, 3.05) is 46.4 Å². The summed E-state index contributed by atoms with van der Waals surface area (Å²) in [6.45, 7) is 11.6. The number of carbonyl (C=O) groups excluding carboxylic acids is 1. The maximum Gasteiger partial charge on any atom is 0.410 e. The number of likely N-dealkylation sites (tertiary alicyclic amines) is 1. The monoisotopic (exact) mass is 342 g/mol. The maximum atomic E-state index is 12.2. The molecule has 0 radical (unpaired) electrons. The van der Waals surface area contributed by atoms with E-state index in [1.54, 1.807) is 12.0 Å². The molecule has 1 fully saturated rings. The van der Waals surface area contributed by atoms with Gasteiger partial charge in [-0.25, -0.2) is 4.79 Å². The Morgan fingerprint density at radius 3 is 2.67 bits per heavy atom.